The van der Waals surface area contributed by atoms with Crippen LogP contribution in [0.3, 0.4) is 0 Å². The molecule has 0 N–H and O–H groups in total. The van der Waals surface area contributed by atoms with Crippen LogP contribution in [-0.2, 0) is 0 Å². The van der Waals surface area contributed by atoms with Gasteiger partial charge >= 0.3 is 18.2 Å². The lowest BCUT2D eigenvalue weighted by atomic mass is 10.1. The summed E-state index contributed by atoms with van der Waals surface area (Å²) >= 11 is 2.72. The number of hydrogen-bond donors (Lipinski definition) is 0. The molecule has 0 aromatic heterocycles. The second-order valence-corrected chi connectivity index (χ2v) is 4.81. The van der Waals surface area contributed by atoms with E-state index in [0.717, 1.165) is 12.1 Å². The standard InChI is InChI=1S/C11H7BrF8O/c12-6-3-1-2-4-7(6)21-11(19,20)10(17,18)8(13)5-9(14,15)16/h1-4,8H,5H2. The lowest BCUT2D eigenvalue weighted by Gasteiger charge is -2.29. The van der Waals surface area contributed by atoms with Gasteiger partial charge in [-0.05, 0) is 28.1 Å². The van der Waals surface area contributed by atoms with E-state index in [0.29, 0.717) is 0 Å². The fourth-order valence-electron chi connectivity index (χ4n) is 1.25. The van der Waals surface area contributed by atoms with Crippen molar-refractivity contribution < 1.29 is 39.9 Å². The molecule has 0 aliphatic heterocycles. The summed E-state index contributed by atoms with van der Waals surface area (Å²) in [5.41, 5.74) is 0. The zero-order valence-corrected chi connectivity index (χ0v) is 11.5. The van der Waals surface area contributed by atoms with Crippen LogP contribution < -0.4 is 4.74 Å². The SMILES string of the molecule is FC(CC(F)(F)F)C(F)(F)C(F)(F)Oc1ccccc1Br. The van der Waals surface area contributed by atoms with Crippen LogP contribution >= 0.6 is 15.9 Å². The minimum Gasteiger partial charge on any atom is -0.427 e. The van der Waals surface area contributed by atoms with Gasteiger partial charge in [-0.2, -0.15) is 30.7 Å². The van der Waals surface area contributed by atoms with Crippen molar-refractivity contribution in [2.24, 2.45) is 0 Å². The van der Waals surface area contributed by atoms with Gasteiger partial charge in [-0.25, -0.2) is 4.39 Å². The first-order valence-corrected chi connectivity index (χ1v) is 6.06. The molecule has 0 fully saturated rings. The zero-order chi connectivity index (χ0) is 16.5. The Hall–Kier alpha value is -1.06. The third-order valence-corrected chi connectivity index (χ3v) is 2.92. The second-order valence-electron chi connectivity index (χ2n) is 3.96. The highest BCUT2D eigenvalue weighted by Gasteiger charge is 2.66. The molecule has 0 aliphatic carbocycles. The zero-order valence-electron chi connectivity index (χ0n) is 9.90. The number of alkyl halides is 8. The quantitative estimate of drug-likeness (QED) is 0.620. The first-order valence-electron chi connectivity index (χ1n) is 5.27. The molecule has 0 amide bonds. The molecular formula is C11H7BrF8O. The minimum atomic E-state index is -5.65. The molecule has 0 aliphatic rings. The van der Waals surface area contributed by atoms with E-state index in [9.17, 15) is 35.1 Å². The molecule has 0 saturated carbocycles. The molecule has 1 rings (SSSR count). The molecular weight excluding hydrogens is 380 g/mol. The fraction of sp³-hybridized carbons (Fsp3) is 0.455. The summed E-state index contributed by atoms with van der Waals surface area (Å²) in [4.78, 5) is 0. The number of ether oxygens (including phenoxy) is 1. The molecule has 120 valence electrons. The minimum absolute atomic E-state index is 0.147. The van der Waals surface area contributed by atoms with Gasteiger partial charge in [0.2, 0.25) is 0 Å². The molecule has 21 heavy (non-hydrogen) atoms. The molecule has 0 saturated heterocycles. The predicted molar refractivity (Wildman–Crippen MR) is 60.2 cm³/mol. The molecule has 1 aromatic rings. The smallest absolute Gasteiger partial charge is 0.427 e. The van der Waals surface area contributed by atoms with Crippen molar-refractivity contribution in [3.8, 4) is 5.75 Å². The fourth-order valence-corrected chi connectivity index (χ4v) is 1.61. The van der Waals surface area contributed by atoms with Crippen molar-refractivity contribution in [3.05, 3.63) is 28.7 Å². The average molecular weight is 387 g/mol. The summed E-state index contributed by atoms with van der Waals surface area (Å²) in [6.45, 7) is 0. The highest BCUT2D eigenvalue weighted by atomic mass is 79.9. The lowest BCUT2D eigenvalue weighted by Crippen LogP contribution is -2.52. The third kappa shape index (κ3) is 4.45. The molecule has 10 heteroatoms. The molecule has 1 unspecified atom stereocenters. The first kappa shape index (κ1) is 18.0. The van der Waals surface area contributed by atoms with Gasteiger partial charge in [0.25, 0.3) is 0 Å². The van der Waals surface area contributed by atoms with Gasteiger partial charge < -0.3 is 4.74 Å². The largest absolute Gasteiger partial charge is 0.467 e. The molecule has 1 aromatic carbocycles. The Kier molecular flexibility index (Phi) is 5.12. The summed E-state index contributed by atoms with van der Waals surface area (Å²) in [6.07, 6.45) is -17.7. The van der Waals surface area contributed by atoms with Crippen LogP contribution in [0.25, 0.3) is 0 Å². The summed E-state index contributed by atoms with van der Waals surface area (Å²) < 4.78 is 105. The van der Waals surface area contributed by atoms with Crippen LogP contribution in [0.1, 0.15) is 6.42 Å². The van der Waals surface area contributed by atoms with Crippen LogP contribution in [0.2, 0.25) is 0 Å². The number of halogens is 9. The van der Waals surface area contributed by atoms with Gasteiger partial charge in [0.15, 0.2) is 6.17 Å². The van der Waals surface area contributed by atoms with Gasteiger partial charge in [0.1, 0.15) is 5.75 Å². The van der Waals surface area contributed by atoms with Crippen molar-refractivity contribution in [2.45, 2.75) is 30.8 Å². The Morgan fingerprint density at radius 3 is 2.00 bits per heavy atom. The van der Waals surface area contributed by atoms with E-state index in [1.807, 2.05) is 0 Å². The van der Waals surface area contributed by atoms with E-state index < -0.39 is 36.5 Å². The normalized spacial score (nSPS) is 14.9. The van der Waals surface area contributed by atoms with Gasteiger partial charge in [0.05, 0.1) is 10.9 Å². The maximum Gasteiger partial charge on any atom is 0.467 e. The Morgan fingerprint density at radius 2 is 1.52 bits per heavy atom. The van der Waals surface area contributed by atoms with Crippen LogP contribution in [0.5, 0.6) is 5.75 Å². The Balaban J connectivity index is 2.96. The number of benzene rings is 1. The van der Waals surface area contributed by atoms with E-state index in [1.54, 1.807) is 0 Å². The van der Waals surface area contributed by atoms with E-state index in [4.69, 9.17) is 0 Å². The molecule has 0 bridgehead atoms. The van der Waals surface area contributed by atoms with Crippen LogP contribution in [-0.4, -0.2) is 24.4 Å². The second kappa shape index (κ2) is 5.98. The van der Waals surface area contributed by atoms with Gasteiger partial charge in [0, 0.05) is 0 Å². The Bertz CT molecular complexity index is 487. The van der Waals surface area contributed by atoms with Crippen molar-refractivity contribution >= 4 is 15.9 Å². The summed E-state index contributed by atoms with van der Waals surface area (Å²) in [5, 5.41) is 0. The molecule has 0 radical (unpaired) electrons. The molecule has 0 spiro atoms. The van der Waals surface area contributed by atoms with Crippen molar-refractivity contribution in [1.29, 1.82) is 0 Å². The Morgan fingerprint density at radius 1 is 1.00 bits per heavy atom. The summed E-state index contributed by atoms with van der Waals surface area (Å²) in [7, 11) is 0. The average Bonchev–Trinajstić information content (AvgIpc) is 2.29. The van der Waals surface area contributed by atoms with E-state index in [-0.39, 0.29) is 4.47 Å². The van der Waals surface area contributed by atoms with E-state index in [2.05, 4.69) is 20.7 Å². The van der Waals surface area contributed by atoms with Crippen LogP contribution in [0, 0.1) is 0 Å². The van der Waals surface area contributed by atoms with Crippen molar-refractivity contribution in [2.75, 3.05) is 0 Å². The third-order valence-electron chi connectivity index (χ3n) is 2.27. The highest BCUT2D eigenvalue weighted by Crippen LogP contribution is 2.44. The molecule has 1 atom stereocenters. The highest BCUT2D eigenvalue weighted by molar-refractivity contribution is 9.10. The summed E-state index contributed by atoms with van der Waals surface area (Å²) in [5.74, 6) is -6.42. The monoisotopic (exact) mass is 386 g/mol. The van der Waals surface area contributed by atoms with Crippen molar-refractivity contribution in [1.82, 2.24) is 0 Å². The van der Waals surface area contributed by atoms with Crippen molar-refractivity contribution in [3.63, 3.8) is 0 Å². The number of hydrogen-bond acceptors (Lipinski definition) is 1. The summed E-state index contributed by atoms with van der Waals surface area (Å²) in [6, 6.07) is 4.56. The Labute approximate surface area is 122 Å². The molecule has 1 nitrogen and oxygen atoms in total. The maximum absolute atomic E-state index is 13.3. The number of rotatable bonds is 5. The number of para-hydroxylation sites is 1. The maximum atomic E-state index is 13.3. The van der Waals surface area contributed by atoms with E-state index in [1.165, 1.54) is 12.1 Å². The predicted octanol–water partition coefficient (Wildman–Crippen LogP) is 5.35. The topological polar surface area (TPSA) is 9.23 Å². The van der Waals surface area contributed by atoms with Crippen LogP contribution in [0.15, 0.2) is 28.7 Å². The first-order chi connectivity index (χ1) is 9.37. The van der Waals surface area contributed by atoms with Gasteiger partial charge in [-0.1, -0.05) is 12.1 Å². The van der Waals surface area contributed by atoms with Crippen LogP contribution in [0.4, 0.5) is 35.1 Å². The van der Waals surface area contributed by atoms with Gasteiger partial charge in [-0.3, -0.25) is 0 Å². The lowest BCUT2D eigenvalue weighted by molar-refractivity contribution is -0.334. The molecule has 0 heterocycles. The van der Waals surface area contributed by atoms with E-state index >= 15 is 0 Å². The van der Waals surface area contributed by atoms with Gasteiger partial charge in [-0.15, -0.1) is 0 Å².